The Morgan fingerprint density at radius 1 is 1.05 bits per heavy atom. The van der Waals surface area contributed by atoms with Crippen molar-refractivity contribution < 1.29 is 13.6 Å². The Bertz CT molecular complexity index is 579. The molecular weight excluding hydrogens is 248 g/mol. The third-order valence-electron chi connectivity index (χ3n) is 2.82. The van der Waals surface area contributed by atoms with Gasteiger partial charge in [0.25, 0.3) is 12.3 Å². The molecule has 2 aromatic rings. The van der Waals surface area contributed by atoms with E-state index in [0.29, 0.717) is 11.3 Å². The van der Waals surface area contributed by atoms with Gasteiger partial charge in [-0.3, -0.25) is 4.79 Å². The largest absolute Gasteiger partial charge is 0.322 e. The molecule has 0 saturated heterocycles. The normalized spacial score (nSPS) is 10.5. The van der Waals surface area contributed by atoms with E-state index in [1.54, 1.807) is 6.07 Å². The van der Waals surface area contributed by atoms with Crippen LogP contribution in [-0.4, -0.2) is 5.91 Å². The second-order valence-corrected chi connectivity index (χ2v) is 4.19. The predicted molar refractivity (Wildman–Crippen MR) is 70.5 cm³/mol. The van der Waals surface area contributed by atoms with Gasteiger partial charge in [-0.15, -0.1) is 0 Å². The van der Waals surface area contributed by atoms with Crippen molar-refractivity contribution in [1.82, 2.24) is 0 Å². The second kappa shape index (κ2) is 5.61. The molecule has 19 heavy (non-hydrogen) atoms. The number of aryl methyl sites for hydroxylation is 1. The van der Waals surface area contributed by atoms with Crippen molar-refractivity contribution in [3.8, 4) is 0 Å². The van der Waals surface area contributed by atoms with Crippen molar-refractivity contribution >= 4 is 11.6 Å². The molecule has 4 heteroatoms. The lowest BCUT2D eigenvalue weighted by Gasteiger charge is -2.08. The minimum atomic E-state index is -2.52. The molecule has 2 rings (SSSR count). The molecule has 0 unspecified atom stereocenters. The molecule has 0 aromatic heterocycles. The maximum absolute atomic E-state index is 12.4. The predicted octanol–water partition coefficient (Wildman–Crippen LogP) is 4.18. The van der Waals surface area contributed by atoms with Crippen LogP contribution in [-0.2, 0) is 0 Å². The van der Waals surface area contributed by atoms with Gasteiger partial charge in [0.05, 0.1) is 0 Å². The Morgan fingerprint density at radius 3 is 2.26 bits per heavy atom. The zero-order valence-electron chi connectivity index (χ0n) is 10.4. The Kier molecular flexibility index (Phi) is 3.90. The summed E-state index contributed by atoms with van der Waals surface area (Å²) in [5.41, 5.74) is 1.92. The van der Waals surface area contributed by atoms with Crippen LogP contribution in [0.2, 0.25) is 0 Å². The van der Waals surface area contributed by atoms with E-state index in [1.165, 1.54) is 24.3 Å². The number of carbonyl (C=O) groups excluding carboxylic acids is 1. The van der Waals surface area contributed by atoms with Gasteiger partial charge < -0.3 is 5.32 Å². The third-order valence-corrected chi connectivity index (χ3v) is 2.82. The average Bonchev–Trinajstić information content (AvgIpc) is 2.41. The van der Waals surface area contributed by atoms with Crippen LogP contribution in [0.3, 0.4) is 0 Å². The minimum Gasteiger partial charge on any atom is -0.322 e. The van der Waals surface area contributed by atoms with Crippen LogP contribution in [0.1, 0.15) is 27.9 Å². The van der Waals surface area contributed by atoms with Gasteiger partial charge in [0, 0.05) is 16.8 Å². The Morgan fingerprint density at radius 2 is 1.68 bits per heavy atom. The molecule has 2 aromatic carbocycles. The fourth-order valence-corrected chi connectivity index (χ4v) is 1.69. The summed E-state index contributed by atoms with van der Waals surface area (Å²) in [4.78, 5) is 11.9. The van der Waals surface area contributed by atoms with Crippen molar-refractivity contribution in [1.29, 1.82) is 0 Å². The van der Waals surface area contributed by atoms with Gasteiger partial charge in [0.2, 0.25) is 0 Å². The zero-order valence-corrected chi connectivity index (χ0v) is 10.4. The second-order valence-electron chi connectivity index (χ2n) is 4.19. The van der Waals surface area contributed by atoms with Crippen molar-refractivity contribution in [2.24, 2.45) is 0 Å². The number of halogens is 2. The van der Waals surface area contributed by atoms with Crippen LogP contribution in [0.25, 0.3) is 0 Å². The van der Waals surface area contributed by atoms with Crippen LogP contribution in [0, 0.1) is 6.92 Å². The number of amides is 1. The first-order chi connectivity index (χ1) is 9.08. The SMILES string of the molecule is Cc1ccccc1NC(=O)c1ccc(C(F)F)cc1. The summed E-state index contributed by atoms with van der Waals surface area (Å²) in [6, 6.07) is 12.7. The summed E-state index contributed by atoms with van der Waals surface area (Å²) in [5, 5.41) is 2.75. The highest BCUT2D eigenvalue weighted by molar-refractivity contribution is 6.04. The highest BCUT2D eigenvalue weighted by Crippen LogP contribution is 2.19. The molecule has 0 bridgehead atoms. The molecule has 0 aliphatic rings. The summed E-state index contributed by atoms with van der Waals surface area (Å²) in [6.45, 7) is 1.88. The molecule has 0 saturated carbocycles. The number of para-hydroxylation sites is 1. The fourth-order valence-electron chi connectivity index (χ4n) is 1.69. The van der Waals surface area contributed by atoms with E-state index < -0.39 is 6.43 Å². The summed E-state index contributed by atoms with van der Waals surface area (Å²) < 4.78 is 24.8. The van der Waals surface area contributed by atoms with E-state index in [-0.39, 0.29) is 11.5 Å². The molecule has 1 N–H and O–H groups in total. The van der Waals surface area contributed by atoms with E-state index in [0.717, 1.165) is 5.56 Å². The number of benzene rings is 2. The van der Waals surface area contributed by atoms with Crippen molar-refractivity contribution in [2.45, 2.75) is 13.3 Å². The molecule has 0 atom stereocenters. The van der Waals surface area contributed by atoms with Crippen LogP contribution in [0.4, 0.5) is 14.5 Å². The monoisotopic (exact) mass is 261 g/mol. The lowest BCUT2D eigenvalue weighted by Crippen LogP contribution is -2.12. The van der Waals surface area contributed by atoms with Crippen LogP contribution < -0.4 is 5.32 Å². The topological polar surface area (TPSA) is 29.1 Å². The molecule has 0 spiro atoms. The first-order valence-electron chi connectivity index (χ1n) is 5.83. The molecule has 0 aliphatic carbocycles. The van der Waals surface area contributed by atoms with E-state index >= 15 is 0 Å². The number of anilines is 1. The first-order valence-corrected chi connectivity index (χ1v) is 5.83. The third kappa shape index (κ3) is 3.16. The van der Waals surface area contributed by atoms with E-state index in [4.69, 9.17) is 0 Å². The van der Waals surface area contributed by atoms with Gasteiger partial charge in [-0.2, -0.15) is 0 Å². The number of carbonyl (C=O) groups is 1. The maximum atomic E-state index is 12.4. The molecule has 0 fully saturated rings. The van der Waals surface area contributed by atoms with Crippen molar-refractivity contribution in [2.75, 3.05) is 5.32 Å². The summed E-state index contributed by atoms with van der Waals surface area (Å²) in [5.74, 6) is -0.310. The number of nitrogens with one attached hydrogen (secondary N) is 1. The highest BCUT2D eigenvalue weighted by atomic mass is 19.3. The molecular formula is C15H13F2NO. The molecule has 98 valence electrons. The lowest BCUT2D eigenvalue weighted by atomic mass is 10.1. The summed E-state index contributed by atoms with van der Waals surface area (Å²) in [6.07, 6.45) is -2.52. The summed E-state index contributed by atoms with van der Waals surface area (Å²) in [7, 11) is 0. The van der Waals surface area contributed by atoms with Crippen LogP contribution >= 0.6 is 0 Å². The average molecular weight is 261 g/mol. The molecule has 0 radical (unpaired) electrons. The Labute approximate surface area is 110 Å². The summed E-state index contributed by atoms with van der Waals surface area (Å²) >= 11 is 0. The van der Waals surface area contributed by atoms with Crippen molar-refractivity contribution in [3.05, 3.63) is 65.2 Å². The minimum absolute atomic E-state index is 0.0903. The Hall–Kier alpha value is -2.23. The number of hydrogen-bond donors (Lipinski definition) is 1. The first kappa shape index (κ1) is 13.2. The smallest absolute Gasteiger partial charge is 0.263 e. The van der Waals surface area contributed by atoms with Gasteiger partial charge in [-0.25, -0.2) is 8.78 Å². The van der Waals surface area contributed by atoms with Gasteiger partial charge in [-0.05, 0) is 30.7 Å². The maximum Gasteiger partial charge on any atom is 0.263 e. The number of alkyl halides is 2. The molecule has 1 amide bonds. The number of hydrogen-bond acceptors (Lipinski definition) is 1. The van der Waals surface area contributed by atoms with Crippen LogP contribution in [0.5, 0.6) is 0 Å². The van der Waals surface area contributed by atoms with Gasteiger partial charge >= 0.3 is 0 Å². The van der Waals surface area contributed by atoms with Gasteiger partial charge in [0.1, 0.15) is 0 Å². The molecule has 0 aliphatic heterocycles. The van der Waals surface area contributed by atoms with E-state index in [9.17, 15) is 13.6 Å². The van der Waals surface area contributed by atoms with Crippen LogP contribution in [0.15, 0.2) is 48.5 Å². The fraction of sp³-hybridized carbons (Fsp3) is 0.133. The van der Waals surface area contributed by atoms with Gasteiger partial charge in [-0.1, -0.05) is 30.3 Å². The van der Waals surface area contributed by atoms with Crippen molar-refractivity contribution in [3.63, 3.8) is 0 Å². The quantitative estimate of drug-likeness (QED) is 0.882. The molecule has 2 nitrogen and oxygen atoms in total. The standard InChI is InChI=1S/C15H13F2NO/c1-10-4-2-3-5-13(10)18-15(19)12-8-6-11(7-9-12)14(16)17/h2-9,14H,1H3,(H,18,19). The van der Waals surface area contributed by atoms with E-state index in [1.807, 2.05) is 25.1 Å². The number of rotatable bonds is 3. The highest BCUT2D eigenvalue weighted by Gasteiger charge is 2.10. The zero-order chi connectivity index (χ0) is 13.8. The molecule has 0 heterocycles. The van der Waals surface area contributed by atoms with E-state index in [2.05, 4.69) is 5.32 Å². The lowest BCUT2D eigenvalue weighted by molar-refractivity contribution is 0.102. The van der Waals surface area contributed by atoms with Gasteiger partial charge in [0.15, 0.2) is 0 Å². The Balaban J connectivity index is 2.14.